The summed E-state index contributed by atoms with van der Waals surface area (Å²) in [5.41, 5.74) is 0. The summed E-state index contributed by atoms with van der Waals surface area (Å²) in [4.78, 5) is 45.1. The third-order valence-electron chi connectivity index (χ3n) is 4.43. The van der Waals surface area contributed by atoms with E-state index in [9.17, 15) is 19.2 Å². The van der Waals surface area contributed by atoms with Gasteiger partial charge < -0.3 is 33.7 Å². The van der Waals surface area contributed by atoms with Gasteiger partial charge >= 0.3 is 24.1 Å². The molecule has 0 fully saturated rings. The fourth-order valence-electron chi connectivity index (χ4n) is 3.00. The molecule has 0 atom stereocenters. The summed E-state index contributed by atoms with van der Waals surface area (Å²) in [6.07, 6.45) is 2.37. The molecule has 0 bridgehead atoms. The molecule has 0 radical (unpaired) electrons. The van der Waals surface area contributed by atoms with E-state index in [2.05, 4.69) is 50.0 Å². The zero-order valence-corrected chi connectivity index (χ0v) is 23.3. The normalized spacial score (nSPS) is 11.1. The number of nitrogens with one attached hydrogen (secondary N) is 2. The Morgan fingerprint density at radius 3 is 1.37 bits per heavy atom. The van der Waals surface area contributed by atoms with Crippen molar-refractivity contribution in [1.29, 1.82) is 0 Å². The van der Waals surface area contributed by atoms with Crippen LogP contribution in [0.15, 0.2) is 25.3 Å². The van der Waals surface area contributed by atoms with Crippen molar-refractivity contribution in [3.05, 3.63) is 25.3 Å². The Kier molecular flexibility index (Phi) is 16.4. The number of hydrogen-bond donors (Lipinski definition) is 2. The number of alkyl carbamates (subject to hydrolysis) is 2. The van der Waals surface area contributed by atoms with Gasteiger partial charge in [-0.2, -0.15) is 0 Å². The summed E-state index contributed by atoms with van der Waals surface area (Å²) < 4.78 is 26.3. The molecule has 0 aliphatic carbocycles. The number of carbonyl (C=O) groups excluding carboxylic acids is 4. The van der Waals surface area contributed by atoms with Gasteiger partial charge in [-0.15, -0.1) is 0 Å². The Bertz CT molecular complexity index is 657. The Labute approximate surface area is 209 Å². The maximum Gasteiger partial charge on any atom is 0.407 e. The molecular weight excluding hydrogens is 492 g/mol. The lowest BCUT2D eigenvalue weighted by Crippen LogP contribution is -2.44. The Morgan fingerprint density at radius 1 is 0.657 bits per heavy atom. The fraction of sp³-hybridized carbons (Fsp3) is 0.636. The summed E-state index contributed by atoms with van der Waals surface area (Å²) in [7, 11) is -3.92. The lowest BCUT2D eigenvalue weighted by Gasteiger charge is -2.34. The van der Waals surface area contributed by atoms with Gasteiger partial charge in [0.05, 0.1) is 26.3 Å². The van der Waals surface area contributed by atoms with E-state index in [4.69, 9.17) is 23.1 Å². The van der Waals surface area contributed by atoms with E-state index in [0.29, 0.717) is 12.8 Å². The van der Waals surface area contributed by atoms with Crippen LogP contribution in [0.2, 0.25) is 38.3 Å². The average Bonchev–Trinajstić information content (AvgIpc) is 2.79. The maximum absolute atomic E-state index is 11.6. The van der Waals surface area contributed by atoms with Crippen LogP contribution >= 0.6 is 0 Å². The molecule has 2 amide bonds. The Balaban J connectivity index is 3.98. The molecule has 11 nitrogen and oxygen atoms in total. The molecule has 0 spiro atoms. The fourth-order valence-corrected chi connectivity index (χ4v) is 11.8. The number of esters is 2. The first kappa shape index (κ1) is 32.4. The van der Waals surface area contributed by atoms with Crippen LogP contribution in [0.4, 0.5) is 9.59 Å². The van der Waals surface area contributed by atoms with Crippen LogP contribution < -0.4 is 10.6 Å². The van der Waals surface area contributed by atoms with Crippen LogP contribution in [-0.4, -0.2) is 80.3 Å². The summed E-state index contributed by atoms with van der Waals surface area (Å²) in [6.45, 7) is 16.1. The van der Waals surface area contributed by atoms with Gasteiger partial charge in [0.15, 0.2) is 16.6 Å². The first-order valence-electron chi connectivity index (χ1n) is 11.5. The van der Waals surface area contributed by atoms with Crippen molar-refractivity contribution < 1.29 is 42.2 Å². The number of rotatable bonds is 18. The summed E-state index contributed by atoms with van der Waals surface area (Å²) >= 11 is 0. The monoisotopic (exact) mass is 532 g/mol. The maximum atomic E-state index is 11.6. The molecular formula is C22H40N2O9Si2. The van der Waals surface area contributed by atoms with Crippen molar-refractivity contribution in [2.45, 2.75) is 51.1 Å². The molecule has 0 heterocycles. The minimum atomic E-state index is -1.96. The minimum absolute atomic E-state index is 0.0520. The summed E-state index contributed by atoms with van der Waals surface area (Å²) in [5, 5.41) is 5.01. The molecule has 200 valence electrons. The van der Waals surface area contributed by atoms with E-state index in [1.165, 1.54) is 0 Å². The quantitative estimate of drug-likeness (QED) is 0.0896. The van der Waals surface area contributed by atoms with Crippen LogP contribution in [0.1, 0.15) is 12.8 Å². The van der Waals surface area contributed by atoms with Crippen molar-refractivity contribution >= 4 is 40.8 Å². The van der Waals surface area contributed by atoms with E-state index >= 15 is 0 Å². The molecule has 0 saturated carbocycles. The van der Waals surface area contributed by atoms with E-state index in [-0.39, 0.29) is 39.5 Å². The van der Waals surface area contributed by atoms with Gasteiger partial charge in [0.2, 0.25) is 0 Å². The van der Waals surface area contributed by atoms with E-state index in [1.807, 2.05) is 0 Å². The highest BCUT2D eigenvalue weighted by atomic mass is 28.4. The third-order valence-corrected chi connectivity index (χ3v) is 12.0. The standard InChI is InChI=1S/C22H40N2O9Si2/c1-7-19(25)29-15-11-23-21(27)31-13-9-17-34(3,4)33-35(5,6)18-10-14-32-22(28)24-12-16-30-20(26)8-2/h7-8H,1-2,9-18H2,3-6H3,(H,23,27)(H,24,28). The second-order valence-electron chi connectivity index (χ2n) is 8.70. The highest BCUT2D eigenvalue weighted by Crippen LogP contribution is 2.23. The zero-order valence-electron chi connectivity index (χ0n) is 21.3. The molecule has 13 heteroatoms. The molecule has 0 saturated heterocycles. The van der Waals surface area contributed by atoms with E-state index in [0.717, 1.165) is 24.2 Å². The highest BCUT2D eigenvalue weighted by molar-refractivity contribution is 6.84. The molecule has 0 unspecified atom stereocenters. The predicted octanol–water partition coefficient (Wildman–Crippen LogP) is 3.10. The highest BCUT2D eigenvalue weighted by Gasteiger charge is 2.32. The van der Waals surface area contributed by atoms with Crippen LogP contribution in [0, 0.1) is 0 Å². The van der Waals surface area contributed by atoms with Crippen molar-refractivity contribution in [3.8, 4) is 0 Å². The van der Waals surface area contributed by atoms with Gasteiger partial charge in [-0.1, -0.05) is 13.2 Å². The van der Waals surface area contributed by atoms with Gasteiger partial charge in [0.25, 0.3) is 0 Å². The lowest BCUT2D eigenvalue weighted by atomic mass is 10.5. The topological polar surface area (TPSA) is 138 Å². The molecule has 0 aromatic carbocycles. The Hall–Kier alpha value is -2.65. The van der Waals surface area contributed by atoms with Crippen molar-refractivity contribution in [3.63, 3.8) is 0 Å². The molecule has 2 N–H and O–H groups in total. The third kappa shape index (κ3) is 19.4. The molecule has 0 aromatic rings. The Morgan fingerprint density at radius 2 is 1.03 bits per heavy atom. The molecule has 0 aromatic heterocycles. The second kappa shape index (κ2) is 17.7. The largest absolute Gasteiger partial charge is 0.461 e. The van der Waals surface area contributed by atoms with Crippen LogP contribution in [-0.2, 0) is 32.7 Å². The number of amides is 2. The molecule has 35 heavy (non-hydrogen) atoms. The SMILES string of the molecule is C=CC(=O)OCCNC(=O)OCCC[Si](C)(C)O[Si](C)(C)CCCOC(=O)NCCOC(=O)C=C. The second-order valence-corrected chi connectivity index (χ2v) is 17.6. The van der Waals surface area contributed by atoms with Crippen molar-refractivity contribution in [1.82, 2.24) is 10.6 Å². The van der Waals surface area contributed by atoms with Crippen LogP contribution in [0.5, 0.6) is 0 Å². The van der Waals surface area contributed by atoms with E-state index < -0.39 is 40.8 Å². The summed E-state index contributed by atoms with van der Waals surface area (Å²) in [5.74, 6) is -1.09. The smallest absolute Gasteiger partial charge is 0.407 e. The first-order valence-corrected chi connectivity index (χ1v) is 17.7. The van der Waals surface area contributed by atoms with Crippen molar-refractivity contribution in [2.75, 3.05) is 39.5 Å². The minimum Gasteiger partial charge on any atom is -0.461 e. The molecule has 0 aliphatic rings. The number of ether oxygens (including phenoxy) is 4. The predicted molar refractivity (Wildman–Crippen MR) is 136 cm³/mol. The molecule has 0 rings (SSSR count). The number of hydrogen-bond acceptors (Lipinski definition) is 9. The van der Waals surface area contributed by atoms with E-state index in [1.54, 1.807) is 0 Å². The lowest BCUT2D eigenvalue weighted by molar-refractivity contribution is -0.138. The first-order chi connectivity index (χ1) is 16.4. The summed E-state index contributed by atoms with van der Waals surface area (Å²) in [6, 6.07) is 1.67. The van der Waals surface area contributed by atoms with Gasteiger partial charge in [0, 0.05) is 12.2 Å². The van der Waals surface area contributed by atoms with Gasteiger partial charge in [-0.25, -0.2) is 19.2 Å². The van der Waals surface area contributed by atoms with Crippen molar-refractivity contribution in [2.24, 2.45) is 0 Å². The van der Waals surface area contributed by atoms with Crippen LogP contribution in [0.3, 0.4) is 0 Å². The zero-order chi connectivity index (χ0) is 26.7. The van der Waals surface area contributed by atoms with Gasteiger partial charge in [-0.05, 0) is 51.1 Å². The molecule has 0 aliphatic heterocycles. The number of carbonyl (C=O) groups is 4. The van der Waals surface area contributed by atoms with Gasteiger partial charge in [-0.3, -0.25) is 0 Å². The average molecular weight is 533 g/mol. The van der Waals surface area contributed by atoms with Gasteiger partial charge in [0.1, 0.15) is 13.2 Å². The van der Waals surface area contributed by atoms with Crippen LogP contribution in [0.25, 0.3) is 0 Å².